The first-order valence-corrected chi connectivity index (χ1v) is 6.79. The van der Waals surface area contributed by atoms with Gasteiger partial charge in [0.15, 0.2) is 17.5 Å². The van der Waals surface area contributed by atoms with Gasteiger partial charge in [0.05, 0.1) is 10.6 Å². The maximum Gasteiger partial charge on any atom is 0.312 e. The lowest BCUT2D eigenvalue weighted by Gasteiger charge is -2.14. The number of aryl methyl sites for hydroxylation is 1. The molecule has 1 N–H and O–H groups in total. The first-order chi connectivity index (χ1) is 11.1. The Bertz CT molecular complexity index is 835. The van der Waals surface area contributed by atoms with Crippen LogP contribution in [0.5, 0.6) is 0 Å². The van der Waals surface area contributed by atoms with Crippen molar-refractivity contribution < 1.29 is 22.9 Å². The zero-order valence-corrected chi connectivity index (χ0v) is 12.9. The molecule has 10 heteroatoms. The predicted molar refractivity (Wildman–Crippen MR) is 78.0 cm³/mol. The highest BCUT2D eigenvalue weighted by Crippen LogP contribution is 2.26. The van der Waals surface area contributed by atoms with Crippen LogP contribution in [0.2, 0.25) is 0 Å². The number of nitrogens with zero attached hydrogens (tertiary/aromatic N) is 3. The molecule has 0 aliphatic rings. The van der Waals surface area contributed by atoms with Crippen LogP contribution < -0.4 is 5.32 Å². The zero-order valence-electron chi connectivity index (χ0n) is 12.9. The van der Waals surface area contributed by atoms with Crippen molar-refractivity contribution in [2.75, 3.05) is 5.32 Å². The predicted octanol–water partition coefficient (Wildman–Crippen LogP) is 3.03. The highest BCUT2D eigenvalue weighted by atomic mass is 19.2. The van der Waals surface area contributed by atoms with E-state index in [-0.39, 0.29) is 17.1 Å². The summed E-state index contributed by atoms with van der Waals surface area (Å²) in [6, 6.07) is 0.513. The monoisotopic (exact) mass is 342 g/mol. The van der Waals surface area contributed by atoms with E-state index >= 15 is 0 Å². The van der Waals surface area contributed by atoms with E-state index in [0.29, 0.717) is 6.07 Å². The van der Waals surface area contributed by atoms with E-state index in [4.69, 9.17) is 0 Å². The van der Waals surface area contributed by atoms with Gasteiger partial charge < -0.3 is 5.32 Å². The SMILES string of the molecule is Cc1nn(C(C)C(=O)Nc2ccc(F)c(F)c2F)c(C)c1[N+](=O)[O-]. The second-order valence-electron chi connectivity index (χ2n) is 5.11. The molecule has 0 spiro atoms. The molecule has 0 aliphatic carbocycles. The van der Waals surface area contributed by atoms with Crippen LogP contribution in [0.4, 0.5) is 24.5 Å². The van der Waals surface area contributed by atoms with Crippen LogP contribution in [-0.4, -0.2) is 20.6 Å². The number of anilines is 1. The van der Waals surface area contributed by atoms with Gasteiger partial charge in [-0.2, -0.15) is 5.10 Å². The van der Waals surface area contributed by atoms with Crippen molar-refractivity contribution in [3.63, 3.8) is 0 Å². The largest absolute Gasteiger partial charge is 0.322 e. The maximum absolute atomic E-state index is 13.6. The van der Waals surface area contributed by atoms with Crippen molar-refractivity contribution in [3.05, 3.63) is 51.1 Å². The van der Waals surface area contributed by atoms with Gasteiger partial charge >= 0.3 is 5.69 Å². The lowest BCUT2D eigenvalue weighted by molar-refractivity contribution is -0.386. The van der Waals surface area contributed by atoms with Gasteiger partial charge in [-0.15, -0.1) is 0 Å². The van der Waals surface area contributed by atoms with Gasteiger partial charge in [-0.05, 0) is 32.9 Å². The summed E-state index contributed by atoms with van der Waals surface area (Å²) in [6.07, 6.45) is 0. The molecule has 1 unspecified atom stereocenters. The first-order valence-electron chi connectivity index (χ1n) is 6.79. The van der Waals surface area contributed by atoms with E-state index in [1.54, 1.807) is 0 Å². The van der Waals surface area contributed by atoms with Gasteiger partial charge in [0.2, 0.25) is 5.91 Å². The Labute approximate surface area is 134 Å². The lowest BCUT2D eigenvalue weighted by atomic mass is 10.2. The summed E-state index contributed by atoms with van der Waals surface area (Å²) < 4.78 is 40.8. The summed E-state index contributed by atoms with van der Waals surface area (Å²) >= 11 is 0. The molecule has 2 aromatic rings. The number of rotatable bonds is 4. The zero-order chi connectivity index (χ0) is 18.2. The van der Waals surface area contributed by atoms with E-state index in [1.165, 1.54) is 20.8 Å². The fourth-order valence-corrected chi connectivity index (χ4v) is 2.27. The molecule has 1 heterocycles. The molecule has 1 amide bonds. The number of carbonyl (C=O) groups excluding carboxylic acids is 1. The number of halogens is 3. The number of hydrogen-bond donors (Lipinski definition) is 1. The van der Waals surface area contributed by atoms with Crippen LogP contribution >= 0.6 is 0 Å². The summed E-state index contributed by atoms with van der Waals surface area (Å²) in [5, 5.41) is 17.0. The quantitative estimate of drug-likeness (QED) is 0.525. The van der Waals surface area contributed by atoms with E-state index in [2.05, 4.69) is 10.4 Å². The Morgan fingerprint density at radius 3 is 2.46 bits per heavy atom. The molecule has 128 valence electrons. The normalized spacial score (nSPS) is 12.1. The van der Waals surface area contributed by atoms with E-state index in [1.807, 2.05) is 0 Å². The minimum atomic E-state index is -1.71. The molecule has 0 aliphatic heterocycles. The van der Waals surface area contributed by atoms with Crippen molar-refractivity contribution in [2.45, 2.75) is 26.8 Å². The average Bonchev–Trinajstić information content (AvgIpc) is 2.81. The molecule has 24 heavy (non-hydrogen) atoms. The molecule has 0 fully saturated rings. The highest BCUT2D eigenvalue weighted by Gasteiger charge is 2.27. The van der Waals surface area contributed by atoms with Gasteiger partial charge in [0.25, 0.3) is 0 Å². The molecule has 0 saturated carbocycles. The van der Waals surface area contributed by atoms with E-state index in [0.717, 1.165) is 10.7 Å². The third kappa shape index (κ3) is 2.94. The van der Waals surface area contributed by atoms with Gasteiger partial charge in [-0.1, -0.05) is 0 Å². The van der Waals surface area contributed by atoms with Crippen LogP contribution in [0.25, 0.3) is 0 Å². The fraction of sp³-hybridized carbons (Fsp3) is 0.286. The topological polar surface area (TPSA) is 90.1 Å². The van der Waals surface area contributed by atoms with Crippen molar-refractivity contribution >= 4 is 17.3 Å². The van der Waals surface area contributed by atoms with E-state index < -0.39 is 40.0 Å². The number of benzene rings is 1. The summed E-state index contributed by atoms with van der Waals surface area (Å²) in [5.74, 6) is -5.41. The van der Waals surface area contributed by atoms with Crippen LogP contribution in [0.15, 0.2) is 12.1 Å². The van der Waals surface area contributed by atoms with E-state index in [9.17, 15) is 28.1 Å². The highest BCUT2D eigenvalue weighted by molar-refractivity contribution is 5.93. The minimum absolute atomic E-state index is 0.121. The first kappa shape index (κ1) is 17.4. The Kier molecular flexibility index (Phi) is 4.58. The fourth-order valence-electron chi connectivity index (χ4n) is 2.27. The molecule has 1 aromatic heterocycles. The van der Waals surface area contributed by atoms with Gasteiger partial charge in [-0.25, -0.2) is 13.2 Å². The summed E-state index contributed by atoms with van der Waals surface area (Å²) in [5.41, 5.74) is -0.502. The van der Waals surface area contributed by atoms with Gasteiger partial charge in [-0.3, -0.25) is 19.6 Å². The molecule has 0 bridgehead atoms. The number of aromatic nitrogens is 2. The van der Waals surface area contributed by atoms with Crippen LogP contribution in [0.3, 0.4) is 0 Å². The Hall–Kier alpha value is -2.91. The number of hydrogen-bond acceptors (Lipinski definition) is 4. The second kappa shape index (κ2) is 6.30. The number of amides is 1. The smallest absolute Gasteiger partial charge is 0.312 e. The standard InChI is InChI=1S/C14H13F3N4O3/c1-6-13(21(23)24)7(2)20(19-6)8(3)14(22)18-10-5-4-9(15)11(16)12(10)17/h4-5,8H,1-3H3,(H,18,22). The molecule has 0 radical (unpaired) electrons. The van der Waals surface area contributed by atoms with Crippen LogP contribution in [0, 0.1) is 41.4 Å². The van der Waals surface area contributed by atoms with Gasteiger partial charge in [0.1, 0.15) is 17.4 Å². The molecule has 1 aromatic carbocycles. The Morgan fingerprint density at radius 2 is 1.92 bits per heavy atom. The van der Waals surface area contributed by atoms with Crippen molar-refractivity contribution in [2.24, 2.45) is 0 Å². The third-order valence-electron chi connectivity index (χ3n) is 3.51. The molecule has 0 saturated heterocycles. The van der Waals surface area contributed by atoms with Crippen LogP contribution in [0.1, 0.15) is 24.4 Å². The lowest BCUT2D eigenvalue weighted by Crippen LogP contribution is -2.26. The molecule has 7 nitrogen and oxygen atoms in total. The molecule has 2 rings (SSSR count). The average molecular weight is 342 g/mol. The maximum atomic E-state index is 13.6. The summed E-state index contributed by atoms with van der Waals surface area (Å²) in [4.78, 5) is 22.5. The van der Waals surface area contributed by atoms with Crippen LogP contribution in [-0.2, 0) is 4.79 Å². The Morgan fingerprint density at radius 1 is 1.29 bits per heavy atom. The number of carbonyl (C=O) groups is 1. The van der Waals surface area contributed by atoms with Gasteiger partial charge in [0, 0.05) is 0 Å². The van der Waals surface area contributed by atoms with Crippen molar-refractivity contribution in [1.82, 2.24) is 9.78 Å². The second-order valence-corrected chi connectivity index (χ2v) is 5.11. The van der Waals surface area contributed by atoms with Crippen molar-refractivity contribution in [3.8, 4) is 0 Å². The number of nitro groups is 1. The molecule has 1 atom stereocenters. The molecular formula is C14H13F3N4O3. The van der Waals surface area contributed by atoms with Crippen molar-refractivity contribution in [1.29, 1.82) is 0 Å². The molecular weight excluding hydrogens is 329 g/mol. The summed E-state index contributed by atoms with van der Waals surface area (Å²) in [7, 11) is 0. The summed E-state index contributed by atoms with van der Waals surface area (Å²) in [6.45, 7) is 4.22. The number of nitrogens with one attached hydrogen (secondary N) is 1. The Balaban J connectivity index is 2.30. The third-order valence-corrected chi connectivity index (χ3v) is 3.51. The minimum Gasteiger partial charge on any atom is -0.322 e.